The Kier molecular flexibility index (Phi) is 5.98. The zero-order valence-electron chi connectivity index (χ0n) is 12.9. The van der Waals surface area contributed by atoms with Gasteiger partial charge in [0.05, 0.1) is 11.5 Å². The van der Waals surface area contributed by atoms with E-state index >= 15 is 0 Å². The van der Waals surface area contributed by atoms with Crippen molar-refractivity contribution >= 4 is 17.2 Å². The van der Waals surface area contributed by atoms with Crippen molar-refractivity contribution < 1.29 is 14.6 Å². The van der Waals surface area contributed by atoms with Crippen molar-refractivity contribution in [2.75, 3.05) is 13.2 Å². The van der Waals surface area contributed by atoms with Crippen molar-refractivity contribution in [1.82, 2.24) is 5.32 Å². The maximum absolute atomic E-state index is 12.2. The molecule has 0 saturated heterocycles. The van der Waals surface area contributed by atoms with Crippen LogP contribution in [0.5, 0.6) is 5.75 Å². The van der Waals surface area contributed by atoms with E-state index in [2.05, 4.69) is 12.2 Å². The summed E-state index contributed by atoms with van der Waals surface area (Å²) in [5, 5.41) is 11.8. The number of benzene rings is 1. The van der Waals surface area contributed by atoms with Crippen LogP contribution in [0.25, 0.3) is 0 Å². The SMILES string of the molecule is CCc1sc(C(=O)NCc2ccccc2OCCO)cc1C. The van der Waals surface area contributed by atoms with E-state index in [1.807, 2.05) is 37.3 Å². The Morgan fingerprint density at radius 2 is 2.14 bits per heavy atom. The first-order chi connectivity index (χ1) is 10.7. The molecule has 0 aliphatic rings. The lowest BCUT2D eigenvalue weighted by Crippen LogP contribution is -2.22. The van der Waals surface area contributed by atoms with Crippen LogP contribution in [-0.2, 0) is 13.0 Å². The molecule has 1 heterocycles. The van der Waals surface area contributed by atoms with Crippen molar-refractivity contribution in [1.29, 1.82) is 0 Å². The Balaban J connectivity index is 2.01. The van der Waals surface area contributed by atoms with Crippen LogP contribution in [0.15, 0.2) is 30.3 Å². The number of amides is 1. The van der Waals surface area contributed by atoms with Gasteiger partial charge in [-0.3, -0.25) is 4.79 Å². The van der Waals surface area contributed by atoms with E-state index in [0.717, 1.165) is 16.9 Å². The van der Waals surface area contributed by atoms with Gasteiger partial charge < -0.3 is 15.2 Å². The average molecular weight is 319 g/mol. The van der Waals surface area contributed by atoms with Crippen molar-refractivity contribution in [2.24, 2.45) is 0 Å². The summed E-state index contributed by atoms with van der Waals surface area (Å²) < 4.78 is 5.47. The summed E-state index contributed by atoms with van der Waals surface area (Å²) >= 11 is 1.54. The summed E-state index contributed by atoms with van der Waals surface area (Å²) in [7, 11) is 0. The molecule has 0 saturated carbocycles. The largest absolute Gasteiger partial charge is 0.491 e. The zero-order valence-corrected chi connectivity index (χ0v) is 13.7. The van der Waals surface area contributed by atoms with Gasteiger partial charge >= 0.3 is 0 Å². The topological polar surface area (TPSA) is 58.6 Å². The Bertz CT molecular complexity index is 637. The van der Waals surface area contributed by atoms with Crippen LogP contribution < -0.4 is 10.1 Å². The second-order valence-electron chi connectivity index (χ2n) is 4.93. The number of para-hydroxylation sites is 1. The highest BCUT2D eigenvalue weighted by Gasteiger charge is 2.12. The minimum atomic E-state index is -0.0650. The predicted molar refractivity (Wildman–Crippen MR) is 88.6 cm³/mol. The number of aliphatic hydroxyl groups is 1. The Hall–Kier alpha value is -1.85. The third-order valence-corrected chi connectivity index (χ3v) is 4.71. The number of hydrogen-bond donors (Lipinski definition) is 2. The smallest absolute Gasteiger partial charge is 0.261 e. The van der Waals surface area contributed by atoms with Crippen molar-refractivity contribution in [3.63, 3.8) is 0 Å². The number of aryl methyl sites for hydroxylation is 2. The summed E-state index contributed by atoms with van der Waals surface area (Å²) in [5.74, 6) is 0.623. The molecule has 0 radical (unpaired) electrons. The standard InChI is InChI=1S/C17H21NO3S/c1-3-15-12(2)10-16(22-15)17(20)18-11-13-6-4-5-7-14(13)21-9-8-19/h4-7,10,19H,3,8-9,11H2,1-2H3,(H,18,20). The van der Waals surface area contributed by atoms with E-state index in [9.17, 15) is 4.79 Å². The van der Waals surface area contributed by atoms with Gasteiger partial charge in [0, 0.05) is 17.0 Å². The molecule has 2 aromatic rings. The third kappa shape index (κ3) is 4.08. The van der Waals surface area contributed by atoms with Gasteiger partial charge in [0.1, 0.15) is 12.4 Å². The number of nitrogens with one attached hydrogen (secondary N) is 1. The number of thiophene rings is 1. The molecule has 2 rings (SSSR count). The number of carbonyl (C=O) groups is 1. The molecule has 118 valence electrons. The van der Waals surface area contributed by atoms with E-state index in [1.54, 1.807) is 11.3 Å². The Labute approximate surface area is 134 Å². The van der Waals surface area contributed by atoms with Gasteiger partial charge in [-0.25, -0.2) is 0 Å². The highest BCUT2D eigenvalue weighted by atomic mass is 32.1. The molecule has 1 amide bonds. The average Bonchev–Trinajstić information content (AvgIpc) is 2.92. The normalized spacial score (nSPS) is 10.5. The van der Waals surface area contributed by atoms with Crippen LogP contribution >= 0.6 is 11.3 Å². The van der Waals surface area contributed by atoms with Crippen LogP contribution in [0.2, 0.25) is 0 Å². The van der Waals surface area contributed by atoms with Crippen LogP contribution in [-0.4, -0.2) is 24.2 Å². The van der Waals surface area contributed by atoms with Gasteiger partial charge in [-0.1, -0.05) is 25.1 Å². The molecule has 1 aromatic carbocycles. The van der Waals surface area contributed by atoms with E-state index in [4.69, 9.17) is 9.84 Å². The molecule has 0 spiro atoms. The molecule has 0 aliphatic carbocycles. The lowest BCUT2D eigenvalue weighted by molar-refractivity contribution is 0.0954. The van der Waals surface area contributed by atoms with Crippen LogP contribution in [0.4, 0.5) is 0 Å². The van der Waals surface area contributed by atoms with E-state index in [-0.39, 0.29) is 19.1 Å². The van der Waals surface area contributed by atoms with Crippen LogP contribution in [0.3, 0.4) is 0 Å². The minimum Gasteiger partial charge on any atom is -0.491 e. The highest BCUT2D eigenvalue weighted by Crippen LogP contribution is 2.23. The fraction of sp³-hybridized carbons (Fsp3) is 0.353. The first-order valence-electron chi connectivity index (χ1n) is 7.34. The van der Waals surface area contributed by atoms with Gasteiger partial charge in [-0.15, -0.1) is 11.3 Å². The second kappa shape index (κ2) is 7.96. The van der Waals surface area contributed by atoms with E-state index < -0.39 is 0 Å². The molecular weight excluding hydrogens is 298 g/mol. The van der Waals surface area contributed by atoms with Gasteiger partial charge in [0.2, 0.25) is 0 Å². The lowest BCUT2D eigenvalue weighted by Gasteiger charge is -2.11. The summed E-state index contributed by atoms with van der Waals surface area (Å²) in [6, 6.07) is 9.45. The molecule has 0 atom stereocenters. The summed E-state index contributed by atoms with van der Waals surface area (Å²) in [4.78, 5) is 14.2. The number of carbonyl (C=O) groups excluding carboxylic acids is 1. The lowest BCUT2D eigenvalue weighted by atomic mass is 10.2. The number of rotatable bonds is 7. The number of aliphatic hydroxyl groups excluding tert-OH is 1. The molecule has 0 bridgehead atoms. The molecule has 1 aromatic heterocycles. The maximum atomic E-state index is 12.2. The minimum absolute atomic E-state index is 0.0328. The monoisotopic (exact) mass is 319 g/mol. The van der Waals surface area contributed by atoms with Gasteiger partial charge in [-0.2, -0.15) is 0 Å². The molecule has 5 heteroatoms. The summed E-state index contributed by atoms with van der Waals surface area (Å²) in [6.07, 6.45) is 0.946. The van der Waals surface area contributed by atoms with Gasteiger partial charge in [0.25, 0.3) is 5.91 Å². The first kappa shape index (κ1) is 16.5. The van der Waals surface area contributed by atoms with Gasteiger partial charge in [-0.05, 0) is 31.0 Å². The molecular formula is C17H21NO3S. The van der Waals surface area contributed by atoms with Crippen LogP contribution in [0, 0.1) is 6.92 Å². The number of ether oxygens (including phenoxy) is 1. The first-order valence-corrected chi connectivity index (χ1v) is 8.16. The molecule has 2 N–H and O–H groups in total. The fourth-order valence-corrected chi connectivity index (χ4v) is 3.22. The van der Waals surface area contributed by atoms with Crippen molar-refractivity contribution in [3.8, 4) is 5.75 Å². The molecule has 4 nitrogen and oxygen atoms in total. The summed E-state index contributed by atoms with van der Waals surface area (Å²) in [5.41, 5.74) is 2.07. The van der Waals surface area contributed by atoms with Gasteiger partial charge in [0.15, 0.2) is 0 Å². The predicted octanol–water partition coefficient (Wildman–Crippen LogP) is 2.92. The number of hydrogen-bond acceptors (Lipinski definition) is 4. The highest BCUT2D eigenvalue weighted by molar-refractivity contribution is 7.14. The Morgan fingerprint density at radius 1 is 1.36 bits per heavy atom. The third-order valence-electron chi connectivity index (χ3n) is 3.33. The fourth-order valence-electron chi connectivity index (χ4n) is 2.19. The van der Waals surface area contributed by atoms with Crippen molar-refractivity contribution in [2.45, 2.75) is 26.8 Å². The maximum Gasteiger partial charge on any atom is 0.261 e. The molecule has 0 aliphatic heterocycles. The van der Waals surface area contributed by atoms with Crippen molar-refractivity contribution in [3.05, 3.63) is 51.2 Å². The second-order valence-corrected chi connectivity index (χ2v) is 6.07. The molecule has 0 unspecified atom stereocenters. The zero-order chi connectivity index (χ0) is 15.9. The van der Waals surface area contributed by atoms with E-state index in [0.29, 0.717) is 12.3 Å². The summed E-state index contributed by atoms with van der Waals surface area (Å²) in [6.45, 7) is 4.74. The molecule has 22 heavy (non-hydrogen) atoms. The van der Waals surface area contributed by atoms with Crippen LogP contribution in [0.1, 0.15) is 32.6 Å². The van der Waals surface area contributed by atoms with E-state index in [1.165, 1.54) is 10.4 Å². The molecule has 0 fully saturated rings. The Morgan fingerprint density at radius 3 is 2.82 bits per heavy atom. The quantitative estimate of drug-likeness (QED) is 0.825.